The van der Waals surface area contributed by atoms with Crippen molar-refractivity contribution in [3.63, 3.8) is 0 Å². The van der Waals surface area contributed by atoms with E-state index < -0.39 is 60.1 Å². The van der Waals surface area contributed by atoms with Crippen molar-refractivity contribution in [2.24, 2.45) is 28.1 Å². The number of aliphatic hydroxyl groups is 2. The van der Waals surface area contributed by atoms with Gasteiger partial charge < -0.3 is 48.5 Å². The summed E-state index contributed by atoms with van der Waals surface area (Å²) in [6.07, 6.45) is -1.94. The van der Waals surface area contributed by atoms with Crippen molar-refractivity contribution < 1.29 is 34.5 Å². The maximum atomic E-state index is 12.7. The maximum absolute atomic E-state index is 12.7. The second kappa shape index (κ2) is 15.0. The number of nitrogens with two attached hydrogens (primary N) is 3. The van der Waals surface area contributed by atoms with Crippen molar-refractivity contribution in [2.75, 3.05) is 6.54 Å². The van der Waals surface area contributed by atoms with Crippen molar-refractivity contribution in [2.45, 2.75) is 83.3 Å². The predicted molar refractivity (Wildman–Crippen MR) is 124 cm³/mol. The van der Waals surface area contributed by atoms with Crippen LogP contribution in [0.15, 0.2) is 4.99 Å². The summed E-state index contributed by atoms with van der Waals surface area (Å²) in [5.74, 6) is -4.27. The normalized spacial score (nSPS) is 17.1. The number of nitrogens with zero attached hydrogens (tertiary/aromatic N) is 1. The lowest BCUT2D eigenvalue weighted by molar-refractivity contribution is -0.143. The molecule has 0 aliphatic carbocycles. The Kier molecular flexibility index (Phi) is 13.7. The minimum atomic E-state index is -1.56. The molecule has 0 aliphatic heterocycles. The van der Waals surface area contributed by atoms with Crippen LogP contribution in [0.25, 0.3) is 0 Å². The van der Waals surface area contributed by atoms with E-state index >= 15 is 0 Å². The molecule has 7 atom stereocenters. The van der Waals surface area contributed by atoms with Gasteiger partial charge in [0, 0.05) is 6.54 Å². The molecule has 14 heteroatoms. The lowest BCUT2D eigenvalue weighted by Gasteiger charge is -2.28. The average molecular weight is 490 g/mol. The third kappa shape index (κ3) is 10.8. The molecule has 34 heavy (non-hydrogen) atoms. The smallest absolute Gasteiger partial charge is 0.326 e. The molecule has 196 valence electrons. The van der Waals surface area contributed by atoms with Crippen molar-refractivity contribution >= 4 is 29.7 Å². The van der Waals surface area contributed by atoms with E-state index in [1.807, 2.05) is 6.92 Å². The SMILES string of the molecule is CCC(C)C(N)C(=O)NC(C(=O)NC(C(=O)NC(CCCN=C(N)N)C(=O)O)C(C)O)C(C)O. The summed E-state index contributed by atoms with van der Waals surface area (Å²) in [5.41, 5.74) is 16.3. The van der Waals surface area contributed by atoms with Crippen molar-refractivity contribution in [1.82, 2.24) is 16.0 Å². The molecule has 0 bridgehead atoms. The summed E-state index contributed by atoms with van der Waals surface area (Å²) in [4.78, 5) is 52.9. The van der Waals surface area contributed by atoms with Gasteiger partial charge in [-0.1, -0.05) is 20.3 Å². The zero-order valence-electron chi connectivity index (χ0n) is 20.0. The fourth-order valence-corrected chi connectivity index (χ4v) is 2.84. The van der Waals surface area contributed by atoms with Gasteiger partial charge in [-0.05, 0) is 32.6 Å². The monoisotopic (exact) mass is 489 g/mol. The van der Waals surface area contributed by atoms with Gasteiger partial charge in [0.25, 0.3) is 0 Å². The van der Waals surface area contributed by atoms with Gasteiger partial charge in [-0.15, -0.1) is 0 Å². The summed E-state index contributed by atoms with van der Waals surface area (Å²) in [7, 11) is 0. The molecule has 0 aliphatic rings. The van der Waals surface area contributed by atoms with Crippen molar-refractivity contribution in [1.29, 1.82) is 0 Å². The lowest BCUT2D eigenvalue weighted by atomic mass is 9.98. The Balaban J connectivity index is 5.33. The van der Waals surface area contributed by atoms with Gasteiger partial charge in [0.15, 0.2) is 5.96 Å². The van der Waals surface area contributed by atoms with Gasteiger partial charge >= 0.3 is 5.97 Å². The van der Waals surface area contributed by atoms with E-state index in [9.17, 15) is 34.5 Å². The molecule has 0 saturated heterocycles. The molecule has 7 unspecified atom stereocenters. The van der Waals surface area contributed by atoms with Crippen LogP contribution in [0.4, 0.5) is 0 Å². The maximum Gasteiger partial charge on any atom is 0.326 e. The molecule has 0 aromatic rings. The summed E-state index contributed by atoms with van der Waals surface area (Å²) in [6.45, 7) is 6.22. The first-order valence-electron chi connectivity index (χ1n) is 11.0. The highest BCUT2D eigenvalue weighted by Crippen LogP contribution is 2.07. The highest BCUT2D eigenvalue weighted by atomic mass is 16.4. The Hall–Kier alpha value is -2.97. The van der Waals surface area contributed by atoms with E-state index in [1.165, 1.54) is 13.8 Å². The number of hydrogen-bond donors (Lipinski definition) is 9. The van der Waals surface area contributed by atoms with E-state index in [2.05, 4.69) is 20.9 Å². The number of carboxylic acid groups (broad SMARTS) is 1. The minimum absolute atomic E-state index is 0.0157. The zero-order chi connectivity index (χ0) is 26.6. The van der Waals surface area contributed by atoms with Crippen molar-refractivity contribution in [3.05, 3.63) is 0 Å². The van der Waals surface area contributed by atoms with Gasteiger partial charge in [0.05, 0.1) is 18.2 Å². The van der Waals surface area contributed by atoms with Crippen LogP contribution >= 0.6 is 0 Å². The van der Waals surface area contributed by atoms with Gasteiger partial charge in [-0.3, -0.25) is 19.4 Å². The molecule has 0 heterocycles. The zero-order valence-corrected chi connectivity index (χ0v) is 20.0. The third-order valence-corrected chi connectivity index (χ3v) is 5.24. The molecule has 0 fully saturated rings. The number of rotatable bonds is 15. The van der Waals surface area contributed by atoms with Gasteiger partial charge in [0.1, 0.15) is 18.1 Å². The number of carbonyl (C=O) groups excluding carboxylic acids is 3. The second-order valence-corrected chi connectivity index (χ2v) is 8.21. The van der Waals surface area contributed by atoms with Crippen LogP contribution in [-0.2, 0) is 19.2 Å². The number of hydrogen-bond acceptors (Lipinski definition) is 8. The number of carboxylic acids is 1. The van der Waals surface area contributed by atoms with Crippen LogP contribution in [-0.4, -0.2) is 87.9 Å². The van der Waals surface area contributed by atoms with Gasteiger partial charge in [-0.2, -0.15) is 0 Å². The standard InChI is InChI=1S/C20H39N7O7/c1-5-9(2)13(21)16(30)26-15(11(4)29)18(32)27-14(10(3)28)17(31)25-12(19(33)34)7-6-8-24-20(22)23/h9-15,28-29H,5-8,21H2,1-4H3,(H,25,31)(H,26,30)(H,27,32)(H,33,34)(H4,22,23,24). The number of aliphatic carboxylic acids is 1. The Morgan fingerprint density at radius 1 is 0.882 bits per heavy atom. The Labute approximate surface area is 198 Å². The van der Waals surface area contributed by atoms with E-state index in [1.54, 1.807) is 6.92 Å². The van der Waals surface area contributed by atoms with E-state index in [4.69, 9.17) is 17.2 Å². The third-order valence-electron chi connectivity index (χ3n) is 5.24. The molecular formula is C20H39N7O7. The van der Waals surface area contributed by atoms with Crippen LogP contribution in [0.3, 0.4) is 0 Å². The molecular weight excluding hydrogens is 450 g/mol. The highest BCUT2D eigenvalue weighted by Gasteiger charge is 2.34. The van der Waals surface area contributed by atoms with E-state index in [0.29, 0.717) is 6.42 Å². The summed E-state index contributed by atoms with van der Waals surface area (Å²) in [5, 5.41) is 36.2. The molecule has 0 rings (SSSR count). The Morgan fingerprint density at radius 2 is 1.35 bits per heavy atom. The summed E-state index contributed by atoms with van der Waals surface area (Å²) in [6, 6.07) is -5.29. The molecule has 0 radical (unpaired) electrons. The van der Waals surface area contributed by atoms with Crippen LogP contribution in [0, 0.1) is 5.92 Å². The molecule has 3 amide bonds. The highest BCUT2D eigenvalue weighted by molar-refractivity contribution is 5.94. The summed E-state index contributed by atoms with van der Waals surface area (Å²) >= 11 is 0. The molecule has 0 aromatic heterocycles. The van der Waals surface area contributed by atoms with Gasteiger partial charge in [0.2, 0.25) is 17.7 Å². The van der Waals surface area contributed by atoms with Crippen LogP contribution in [0.5, 0.6) is 0 Å². The first kappa shape index (κ1) is 31.0. The fourth-order valence-electron chi connectivity index (χ4n) is 2.84. The number of aliphatic hydroxyl groups excluding tert-OH is 2. The first-order chi connectivity index (χ1) is 15.7. The van der Waals surface area contributed by atoms with E-state index in [-0.39, 0.29) is 31.3 Å². The minimum Gasteiger partial charge on any atom is -0.480 e. The van der Waals surface area contributed by atoms with Crippen LogP contribution < -0.4 is 33.2 Å². The molecule has 12 N–H and O–H groups in total. The van der Waals surface area contributed by atoms with Crippen LogP contribution in [0.1, 0.15) is 47.0 Å². The predicted octanol–water partition coefficient (Wildman–Crippen LogP) is -3.29. The molecule has 0 saturated carbocycles. The molecule has 0 spiro atoms. The number of aliphatic imine (C=N–C) groups is 1. The number of guanidine groups is 1. The largest absolute Gasteiger partial charge is 0.480 e. The number of carbonyl (C=O) groups is 4. The first-order valence-corrected chi connectivity index (χ1v) is 11.0. The Morgan fingerprint density at radius 3 is 1.76 bits per heavy atom. The van der Waals surface area contributed by atoms with E-state index in [0.717, 1.165) is 0 Å². The quantitative estimate of drug-likeness (QED) is 0.0629. The Bertz CT molecular complexity index is 726. The molecule has 14 nitrogen and oxygen atoms in total. The summed E-state index contributed by atoms with van der Waals surface area (Å²) < 4.78 is 0. The van der Waals surface area contributed by atoms with Crippen LogP contribution in [0.2, 0.25) is 0 Å². The number of nitrogens with one attached hydrogen (secondary N) is 3. The fraction of sp³-hybridized carbons (Fsp3) is 0.750. The second-order valence-electron chi connectivity index (χ2n) is 8.21. The van der Waals surface area contributed by atoms with Crippen molar-refractivity contribution in [3.8, 4) is 0 Å². The lowest BCUT2D eigenvalue weighted by Crippen LogP contribution is -2.62. The average Bonchev–Trinajstić information content (AvgIpc) is 2.75. The topological polar surface area (TPSA) is 255 Å². The number of amides is 3. The van der Waals surface area contributed by atoms with Gasteiger partial charge in [-0.25, -0.2) is 4.79 Å². The molecule has 0 aromatic carbocycles.